The van der Waals surface area contributed by atoms with Gasteiger partial charge in [-0.2, -0.15) is 5.10 Å². The molecule has 0 radical (unpaired) electrons. The highest BCUT2D eigenvalue weighted by Crippen LogP contribution is 2.16. The maximum Gasteiger partial charge on any atom is 0.128 e. The zero-order valence-electron chi connectivity index (χ0n) is 11.0. The van der Waals surface area contributed by atoms with Crippen molar-refractivity contribution < 1.29 is 4.74 Å². The lowest BCUT2D eigenvalue weighted by atomic mass is 10.2. The summed E-state index contributed by atoms with van der Waals surface area (Å²) in [6.45, 7) is 2.97. The van der Waals surface area contributed by atoms with Gasteiger partial charge in [0.2, 0.25) is 0 Å². The molecule has 0 saturated carbocycles. The number of ether oxygens (including phenoxy) is 1. The van der Waals surface area contributed by atoms with Crippen LogP contribution < -0.4 is 4.74 Å². The van der Waals surface area contributed by atoms with E-state index in [1.807, 2.05) is 44.6 Å². The van der Waals surface area contributed by atoms with E-state index in [1.54, 1.807) is 5.01 Å². The first-order valence-electron chi connectivity index (χ1n) is 6.17. The quantitative estimate of drug-likeness (QED) is 0.411. The van der Waals surface area contributed by atoms with Crippen LogP contribution in [0.25, 0.3) is 0 Å². The summed E-state index contributed by atoms with van der Waals surface area (Å²) in [5.41, 5.74) is 1.03. The van der Waals surface area contributed by atoms with Gasteiger partial charge in [0.25, 0.3) is 0 Å². The van der Waals surface area contributed by atoms with E-state index in [0.717, 1.165) is 24.3 Å². The van der Waals surface area contributed by atoms with Crippen LogP contribution in [0, 0.1) is 0 Å². The zero-order valence-corrected chi connectivity index (χ0v) is 11.0. The molecule has 17 heavy (non-hydrogen) atoms. The third-order valence-corrected chi connectivity index (χ3v) is 2.35. The summed E-state index contributed by atoms with van der Waals surface area (Å²) in [5, 5.41) is 6.00. The number of unbranched alkanes of at least 4 members (excludes halogenated alkanes) is 2. The first-order chi connectivity index (χ1) is 8.24. The van der Waals surface area contributed by atoms with Crippen molar-refractivity contribution in [1.82, 2.24) is 5.01 Å². The number of hydrogen-bond donors (Lipinski definition) is 0. The van der Waals surface area contributed by atoms with Crippen LogP contribution in [0.5, 0.6) is 5.75 Å². The fourth-order valence-corrected chi connectivity index (χ4v) is 1.43. The Morgan fingerprint density at radius 2 is 2.00 bits per heavy atom. The van der Waals surface area contributed by atoms with Gasteiger partial charge in [0.05, 0.1) is 12.8 Å². The molecule has 0 atom stereocenters. The standard InChI is InChI=1S/C14H22N2O/c1-4-5-8-11-17-14-10-7-6-9-13(14)12-15-16(2)3/h6-7,9-10,12H,4-5,8,11H2,1-3H3/b15-12+. The van der Waals surface area contributed by atoms with Gasteiger partial charge in [-0.15, -0.1) is 0 Å². The Kier molecular flexibility index (Phi) is 6.15. The van der Waals surface area contributed by atoms with E-state index in [4.69, 9.17) is 4.74 Å². The molecule has 0 aliphatic rings. The van der Waals surface area contributed by atoms with Crippen LogP contribution >= 0.6 is 0 Å². The smallest absolute Gasteiger partial charge is 0.128 e. The van der Waals surface area contributed by atoms with Crippen molar-refractivity contribution in [2.45, 2.75) is 26.2 Å². The Morgan fingerprint density at radius 3 is 2.71 bits per heavy atom. The monoisotopic (exact) mass is 234 g/mol. The van der Waals surface area contributed by atoms with E-state index < -0.39 is 0 Å². The lowest BCUT2D eigenvalue weighted by Gasteiger charge is -2.09. The maximum absolute atomic E-state index is 5.76. The molecular formula is C14H22N2O. The van der Waals surface area contributed by atoms with Crippen molar-refractivity contribution in [2.24, 2.45) is 5.10 Å². The SMILES string of the molecule is CCCCCOc1ccccc1/C=N/N(C)C. The molecule has 0 aliphatic heterocycles. The predicted octanol–water partition coefficient (Wildman–Crippen LogP) is 3.15. The van der Waals surface area contributed by atoms with Gasteiger partial charge < -0.3 is 9.75 Å². The van der Waals surface area contributed by atoms with Crippen LogP contribution in [0.3, 0.4) is 0 Å². The van der Waals surface area contributed by atoms with Gasteiger partial charge in [-0.25, -0.2) is 0 Å². The summed E-state index contributed by atoms with van der Waals surface area (Å²) in [7, 11) is 3.81. The molecule has 3 nitrogen and oxygen atoms in total. The summed E-state index contributed by atoms with van der Waals surface area (Å²) in [6, 6.07) is 7.99. The molecule has 0 aliphatic carbocycles. The van der Waals surface area contributed by atoms with Crippen LogP contribution in [0.2, 0.25) is 0 Å². The molecule has 0 unspecified atom stereocenters. The topological polar surface area (TPSA) is 24.8 Å². The summed E-state index contributed by atoms with van der Waals surface area (Å²) < 4.78 is 5.76. The minimum Gasteiger partial charge on any atom is -0.493 e. The number of para-hydroxylation sites is 1. The summed E-state index contributed by atoms with van der Waals surface area (Å²) in [4.78, 5) is 0. The van der Waals surface area contributed by atoms with Crippen molar-refractivity contribution in [3.63, 3.8) is 0 Å². The molecule has 0 fully saturated rings. The normalized spacial score (nSPS) is 10.8. The summed E-state index contributed by atoms with van der Waals surface area (Å²) in [5.74, 6) is 0.911. The predicted molar refractivity (Wildman–Crippen MR) is 72.7 cm³/mol. The molecule has 1 aromatic carbocycles. The first kappa shape index (κ1) is 13.6. The first-order valence-corrected chi connectivity index (χ1v) is 6.17. The van der Waals surface area contributed by atoms with Gasteiger partial charge >= 0.3 is 0 Å². The zero-order chi connectivity index (χ0) is 12.5. The Hall–Kier alpha value is -1.51. The molecule has 1 aromatic rings. The van der Waals surface area contributed by atoms with Crippen molar-refractivity contribution in [2.75, 3.05) is 20.7 Å². The second-order valence-electron chi connectivity index (χ2n) is 4.19. The van der Waals surface area contributed by atoms with Crippen LogP contribution in [0.1, 0.15) is 31.7 Å². The molecule has 0 heterocycles. The number of benzene rings is 1. The van der Waals surface area contributed by atoms with Crippen LogP contribution in [0.15, 0.2) is 29.4 Å². The highest BCUT2D eigenvalue weighted by Gasteiger charge is 2.00. The van der Waals surface area contributed by atoms with Gasteiger partial charge in [0, 0.05) is 19.7 Å². The summed E-state index contributed by atoms with van der Waals surface area (Å²) in [6.07, 6.45) is 5.37. The molecule has 1 rings (SSSR count). The average molecular weight is 234 g/mol. The fourth-order valence-electron chi connectivity index (χ4n) is 1.43. The third-order valence-electron chi connectivity index (χ3n) is 2.35. The molecule has 0 amide bonds. The molecule has 0 bridgehead atoms. The molecule has 0 saturated heterocycles. The number of hydrogen-bond acceptors (Lipinski definition) is 3. The number of nitrogens with zero attached hydrogens (tertiary/aromatic N) is 2. The second kappa shape index (κ2) is 7.71. The van der Waals surface area contributed by atoms with Gasteiger partial charge in [-0.3, -0.25) is 0 Å². The Morgan fingerprint density at radius 1 is 1.24 bits per heavy atom. The van der Waals surface area contributed by atoms with E-state index in [2.05, 4.69) is 12.0 Å². The van der Waals surface area contributed by atoms with Crippen molar-refractivity contribution in [3.8, 4) is 5.75 Å². The van der Waals surface area contributed by atoms with Crippen molar-refractivity contribution >= 4 is 6.21 Å². The fraction of sp³-hybridized carbons (Fsp3) is 0.500. The van der Waals surface area contributed by atoms with E-state index in [-0.39, 0.29) is 0 Å². The second-order valence-corrected chi connectivity index (χ2v) is 4.19. The Balaban J connectivity index is 2.58. The highest BCUT2D eigenvalue weighted by molar-refractivity contribution is 5.83. The molecule has 94 valence electrons. The maximum atomic E-state index is 5.76. The minimum atomic E-state index is 0.778. The molecular weight excluding hydrogens is 212 g/mol. The molecule has 0 N–H and O–H groups in total. The van der Waals surface area contributed by atoms with Crippen LogP contribution in [0.4, 0.5) is 0 Å². The molecule has 0 spiro atoms. The number of hydrazone groups is 1. The van der Waals surface area contributed by atoms with E-state index in [9.17, 15) is 0 Å². The van der Waals surface area contributed by atoms with Gasteiger partial charge in [0.15, 0.2) is 0 Å². The number of rotatable bonds is 7. The van der Waals surface area contributed by atoms with E-state index in [1.165, 1.54) is 12.8 Å². The van der Waals surface area contributed by atoms with Crippen LogP contribution in [-0.4, -0.2) is 31.9 Å². The average Bonchev–Trinajstić information content (AvgIpc) is 2.33. The van der Waals surface area contributed by atoms with E-state index >= 15 is 0 Å². The third kappa shape index (κ3) is 5.38. The highest BCUT2D eigenvalue weighted by atomic mass is 16.5. The largest absolute Gasteiger partial charge is 0.493 e. The van der Waals surface area contributed by atoms with Crippen molar-refractivity contribution in [1.29, 1.82) is 0 Å². The Bertz CT molecular complexity index is 348. The van der Waals surface area contributed by atoms with Gasteiger partial charge in [-0.1, -0.05) is 31.9 Å². The summed E-state index contributed by atoms with van der Waals surface area (Å²) >= 11 is 0. The molecule has 0 aromatic heterocycles. The lowest BCUT2D eigenvalue weighted by molar-refractivity contribution is 0.306. The molecule has 3 heteroatoms. The Labute approximate surface area is 104 Å². The van der Waals surface area contributed by atoms with Gasteiger partial charge in [0.1, 0.15) is 5.75 Å². The lowest BCUT2D eigenvalue weighted by Crippen LogP contribution is -2.04. The van der Waals surface area contributed by atoms with E-state index in [0.29, 0.717) is 0 Å². The van der Waals surface area contributed by atoms with Crippen molar-refractivity contribution in [3.05, 3.63) is 29.8 Å². The minimum absolute atomic E-state index is 0.778. The van der Waals surface area contributed by atoms with Crippen LogP contribution in [-0.2, 0) is 0 Å². The van der Waals surface area contributed by atoms with Gasteiger partial charge in [-0.05, 0) is 18.6 Å².